The van der Waals surface area contributed by atoms with Crippen molar-refractivity contribution in [2.45, 2.75) is 32.4 Å². The molecule has 0 unspecified atom stereocenters. The third-order valence-electron chi connectivity index (χ3n) is 5.23. The fraction of sp³-hybridized carbons (Fsp3) is 0.261. The Morgan fingerprint density at radius 1 is 1.19 bits per heavy atom. The van der Waals surface area contributed by atoms with E-state index in [1.54, 1.807) is 19.1 Å². The first-order valence-electron chi connectivity index (χ1n) is 10.2. The third kappa shape index (κ3) is 4.57. The van der Waals surface area contributed by atoms with Gasteiger partial charge >= 0.3 is 0 Å². The molecule has 9 nitrogen and oxygen atoms in total. The van der Waals surface area contributed by atoms with Crippen molar-refractivity contribution >= 4 is 34.3 Å². The summed E-state index contributed by atoms with van der Waals surface area (Å²) in [6, 6.07) is 13.5. The molecule has 0 spiro atoms. The van der Waals surface area contributed by atoms with E-state index in [-0.39, 0.29) is 36.6 Å². The second-order valence-electron chi connectivity index (χ2n) is 7.56. The molecule has 0 bridgehead atoms. The Labute approximate surface area is 183 Å². The Morgan fingerprint density at radius 3 is 2.72 bits per heavy atom. The minimum Gasteiger partial charge on any atom is -0.367 e. The predicted octanol–water partition coefficient (Wildman–Crippen LogP) is 1.84. The number of amides is 3. The van der Waals surface area contributed by atoms with Crippen LogP contribution >= 0.6 is 0 Å². The predicted molar refractivity (Wildman–Crippen MR) is 117 cm³/mol. The highest BCUT2D eigenvalue weighted by Crippen LogP contribution is 2.21. The summed E-state index contributed by atoms with van der Waals surface area (Å²) in [6.45, 7) is 1.82. The van der Waals surface area contributed by atoms with E-state index in [0.29, 0.717) is 23.6 Å². The van der Waals surface area contributed by atoms with E-state index < -0.39 is 17.5 Å². The van der Waals surface area contributed by atoms with Crippen molar-refractivity contribution in [3.8, 4) is 0 Å². The number of nitrogens with zero attached hydrogens (tertiary/aromatic N) is 2. The van der Waals surface area contributed by atoms with E-state index in [2.05, 4.69) is 15.6 Å². The third-order valence-corrected chi connectivity index (χ3v) is 5.23. The minimum absolute atomic E-state index is 0.139. The topological polar surface area (TPSA) is 119 Å². The highest BCUT2D eigenvalue weighted by atomic mass is 16.5. The summed E-state index contributed by atoms with van der Waals surface area (Å²) < 4.78 is 6.74. The van der Waals surface area contributed by atoms with Crippen molar-refractivity contribution < 1.29 is 19.1 Å². The van der Waals surface area contributed by atoms with Crippen LogP contribution in [0.5, 0.6) is 0 Å². The number of rotatable bonds is 6. The van der Waals surface area contributed by atoms with Gasteiger partial charge in [0, 0.05) is 12.1 Å². The molecular weight excluding hydrogens is 412 g/mol. The molecule has 0 aliphatic carbocycles. The number of piperidine rings is 1. The van der Waals surface area contributed by atoms with Crippen LogP contribution in [0.15, 0.2) is 53.3 Å². The Morgan fingerprint density at radius 2 is 1.97 bits per heavy atom. The van der Waals surface area contributed by atoms with E-state index in [1.165, 1.54) is 10.6 Å². The van der Waals surface area contributed by atoms with Gasteiger partial charge in [0.05, 0.1) is 17.5 Å². The van der Waals surface area contributed by atoms with Crippen LogP contribution in [-0.2, 0) is 25.7 Å². The molecule has 1 fully saturated rings. The first-order chi connectivity index (χ1) is 15.4. The first kappa shape index (κ1) is 21.4. The van der Waals surface area contributed by atoms with Gasteiger partial charge in [-0.3, -0.25) is 29.1 Å². The molecule has 2 aromatic carbocycles. The molecule has 9 heteroatoms. The molecule has 1 aromatic heterocycles. The second-order valence-corrected chi connectivity index (χ2v) is 7.56. The molecule has 3 aromatic rings. The highest BCUT2D eigenvalue weighted by Gasteiger charge is 2.30. The summed E-state index contributed by atoms with van der Waals surface area (Å²) in [7, 11) is 0. The zero-order valence-corrected chi connectivity index (χ0v) is 17.5. The fourth-order valence-electron chi connectivity index (χ4n) is 3.72. The van der Waals surface area contributed by atoms with Crippen LogP contribution in [0.2, 0.25) is 0 Å². The minimum atomic E-state index is -0.804. The van der Waals surface area contributed by atoms with Crippen molar-refractivity contribution in [2.75, 3.05) is 11.9 Å². The maximum Gasteiger partial charge on any atom is 0.262 e. The van der Waals surface area contributed by atoms with Crippen molar-refractivity contribution in [2.24, 2.45) is 0 Å². The number of hydrogen-bond donors (Lipinski definition) is 2. The molecular formula is C23H22N4O5. The van der Waals surface area contributed by atoms with Crippen LogP contribution in [0, 0.1) is 6.92 Å². The number of carbonyl (C=O) groups excluding carboxylic acids is 3. The fourth-order valence-corrected chi connectivity index (χ4v) is 3.72. The molecule has 1 aliphatic heterocycles. The van der Waals surface area contributed by atoms with Crippen molar-refractivity contribution in [1.29, 1.82) is 0 Å². The summed E-state index contributed by atoms with van der Waals surface area (Å²) >= 11 is 0. The maximum absolute atomic E-state index is 13.2. The average Bonchev–Trinajstić information content (AvgIpc) is 2.76. The zero-order valence-electron chi connectivity index (χ0n) is 17.5. The molecule has 1 atom stereocenters. The molecule has 0 saturated carbocycles. The number of nitrogens with one attached hydrogen (secondary N) is 2. The van der Waals surface area contributed by atoms with Gasteiger partial charge in [-0.15, -0.1) is 0 Å². The highest BCUT2D eigenvalue weighted by molar-refractivity contribution is 5.99. The number of hydrogen-bond acceptors (Lipinski definition) is 6. The summed E-state index contributed by atoms with van der Waals surface area (Å²) in [4.78, 5) is 53.6. The lowest BCUT2D eigenvalue weighted by Gasteiger charge is -2.24. The molecule has 0 radical (unpaired) electrons. The van der Waals surface area contributed by atoms with Gasteiger partial charge in [-0.1, -0.05) is 30.3 Å². The second kappa shape index (κ2) is 9.11. The normalized spacial score (nSPS) is 16.1. The smallest absolute Gasteiger partial charge is 0.262 e. The van der Waals surface area contributed by atoms with Crippen LogP contribution in [0.3, 0.4) is 0 Å². The number of benzene rings is 2. The van der Waals surface area contributed by atoms with Gasteiger partial charge in [0.2, 0.25) is 17.7 Å². The lowest BCUT2D eigenvalue weighted by molar-refractivity contribution is -0.135. The molecule has 4 rings (SSSR count). The van der Waals surface area contributed by atoms with Crippen molar-refractivity contribution in [3.05, 3.63) is 70.3 Å². The molecule has 164 valence electrons. The van der Waals surface area contributed by atoms with E-state index in [4.69, 9.17) is 4.74 Å². The van der Waals surface area contributed by atoms with Crippen LogP contribution in [0.1, 0.15) is 30.3 Å². The number of carbonyl (C=O) groups is 3. The van der Waals surface area contributed by atoms with Crippen LogP contribution in [0.4, 0.5) is 5.69 Å². The van der Waals surface area contributed by atoms with E-state index in [0.717, 1.165) is 5.56 Å². The van der Waals surface area contributed by atoms with Gasteiger partial charge in [-0.25, -0.2) is 4.98 Å². The summed E-state index contributed by atoms with van der Waals surface area (Å²) in [5.41, 5.74) is 1.43. The van der Waals surface area contributed by atoms with Crippen molar-refractivity contribution in [1.82, 2.24) is 14.9 Å². The van der Waals surface area contributed by atoms with Crippen LogP contribution in [0.25, 0.3) is 10.9 Å². The van der Waals surface area contributed by atoms with E-state index in [9.17, 15) is 19.2 Å². The molecule has 32 heavy (non-hydrogen) atoms. The van der Waals surface area contributed by atoms with Gasteiger partial charge in [0.1, 0.15) is 18.5 Å². The summed E-state index contributed by atoms with van der Waals surface area (Å²) in [6.07, 6.45) is 0.382. The maximum atomic E-state index is 13.2. The quantitative estimate of drug-likeness (QED) is 0.572. The molecule has 1 aliphatic rings. The lowest BCUT2D eigenvalue weighted by Crippen LogP contribution is -2.45. The molecule has 2 N–H and O–H groups in total. The number of aromatic nitrogens is 2. The Kier molecular flexibility index (Phi) is 6.09. The number of anilines is 1. The Balaban J connectivity index is 1.51. The van der Waals surface area contributed by atoms with Gasteiger partial charge < -0.3 is 10.1 Å². The Hall–Kier alpha value is -3.85. The number of aryl methyl sites for hydroxylation is 1. The van der Waals surface area contributed by atoms with E-state index in [1.807, 2.05) is 30.3 Å². The standard InChI is InChI=1S/C23H22N4O5/c1-14-24-18-8-7-16(25-21(29)13-32-12-15-5-3-2-4-6-15)11-17(18)23(31)27(14)19-9-10-20(28)26-22(19)30/h2-8,11,19H,9-10,12-13H2,1H3,(H,25,29)(H,26,28,30)/t19-/m0/s1. The van der Waals surface area contributed by atoms with Gasteiger partial charge in [-0.05, 0) is 37.1 Å². The van der Waals surface area contributed by atoms with Crippen LogP contribution < -0.4 is 16.2 Å². The summed E-state index contributed by atoms with van der Waals surface area (Å²) in [5.74, 6) is -0.855. The van der Waals surface area contributed by atoms with Gasteiger partial charge in [-0.2, -0.15) is 0 Å². The summed E-state index contributed by atoms with van der Waals surface area (Å²) in [5, 5.41) is 5.24. The van der Waals surface area contributed by atoms with Gasteiger partial charge in [0.25, 0.3) is 5.56 Å². The number of ether oxygens (including phenoxy) is 1. The number of fused-ring (bicyclic) bond motifs is 1. The molecule has 2 heterocycles. The molecule has 3 amide bonds. The SMILES string of the molecule is Cc1nc2ccc(NC(=O)COCc3ccccc3)cc2c(=O)n1[C@H]1CCC(=O)NC1=O. The monoisotopic (exact) mass is 434 g/mol. The lowest BCUT2D eigenvalue weighted by atomic mass is 10.1. The first-order valence-corrected chi connectivity index (χ1v) is 10.2. The Bertz CT molecular complexity index is 1250. The van der Waals surface area contributed by atoms with Crippen molar-refractivity contribution in [3.63, 3.8) is 0 Å². The average molecular weight is 434 g/mol. The largest absolute Gasteiger partial charge is 0.367 e. The van der Waals surface area contributed by atoms with E-state index >= 15 is 0 Å². The van der Waals surface area contributed by atoms with Gasteiger partial charge in [0.15, 0.2) is 0 Å². The molecule has 1 saturated heterocycles. The zero-order chi connectivity index (χ0) is 22.7. The van der Waals surface area contributed by atoms with Crippen LogP contribution in [-0.4, -0.2) is 33.9 Å². The number of imide groups is 1.